The Labute approximate surface area is 96.3 Å². The second-order valence-corrected chi connectivity index (χ2v) is 5.78. The van der Waals surface area contributed by atoms with Crippen molar-refractivity contribution < 1.29 is 15.0 Å². The molecule has 2 aliphatic heterocycles. The quantitative estimate of drug-likeness (QED) is 0.754. The third-order valence-corrected chi connectivity index (χ3v) is 3.98. The van der Waals surface area contributed by atoms with E-state index in [1.165, 1.54) is 0 Å². The third-order valence-electron chi connectivity index (χ3n) is 3.98. The van der Waals surface area contributed by atoms with Crippen LogP contribution in [-0.2, 0) is 4.79 Å². The summed E-state index contributed by atoms with van der Waals surface area (Å²) in [7, 11) is 0. The molecule has 0 aromatic heterocycles. The molecule has 2 bridgehead atoms. The van der Waals surface area contributed by atoms with Crippen LogP contribution in [0.25, 0.3) is 0 Å². The van der Waals surface area contributed by atoms with E-state index in [0.717, 1.165) is 25.8 Å². The van der Waals surface area contributed by atoms with Crippen LogP contribution >= 0.6 is 0 Å². The van der Waals surface area contributed by atoms with E-state index in [0.29, 0.717) is 12.5 Å². The summed E-state index contributed by atoms with van der Waals surface area (Å²) in [5, 5.41) is 18.8. The molecule has 0 radical (unpaired) electrons. The number of carboxylic acids is 1. The van der Waals surface area contributed by atoms with Gasteiger partial charge in [0.1, 0.15) is 0 Å². The lowest BCUT2D eigenvalue weighted by Crippen LogP contribution is -2.36. The van der Waals surface area contributed by atoms with Gasteiger partial charge in [0.05, 0.1) is 11.5 Å². The van der Waals surface area contributed by atoms with Gasteiger partial charge in [-0.15, -0.1) is 0 Å². The number of nitrogens with zero attached hydrogens (tertiary/aromatic N) is 1. The molecule has 2 N–H and O–H groups in total. The van der Waals surface area contributed by atoms with Crippen LogP contribution < -0.4 is 0 Å². The van der Waals surface area contributed by atoms with Gasteiger partial charge in [-0.3, -0.25) is 9.69 Å². The zero-order valence-electron chi connectivity index (χ0n) is 10.0. The van der Waals surface area contributed by atoms with Crippen LogP contribution in [0.5, 0.6) is 0 Å². The molecule has 0 amide bonds. The maximum absolute atomic E-state index is 11.1. The fourth-order valence-corrected chi connectivity index (χ4v) is 3.12. The van der Waals surface area contributed by atoms with Crippen LogP contribution in [-0.4, -0.2) is 45.3 Å². The minimum Gasteiger partial charge on any atom is -0.481 e. The molecule has 0 aliphatic carbocycles. The zero-order chi connectivity index (χ0) is 11.9. The van der Waals surface area contributed by atoms with E-state index in [1.807, 2.05) is 0 Å². The molecule has 0 spiro atoms. The number of hydrogen-bond donors (Lipinski definition) is 2. The Morgan fingerprint density at radius 2 is 2.12 bits per heavy atom. The summed E-state index contributed by atoms with van der Waals surface area (Å²) in [6, 6.07) is 0.651. The fraction of sp³-hybridized carbons (Fsp3) is 0.917. The van der Waals surface area contributed by atoms with E-state index >= 15 is 0 Å². The summed E-state index contributed by atoms with van der Waals surface area (Å²) in [5.74, 6) is -0.832. The first kappa shape index (κ1) is 11.9. The highest BCUT2D eigenvalue weighted by molar-refractivity contribution is 5.71. The Balaban J connectivity index is 1.95. The van der Waals surface area contributed by atoms with Gasteiger partial charge in [-0.2, -0.15) is 0 Å². The molecule has 0 aromatic carbocycles. The molecule has 2 heterocycles. The average molecular weight is 227 g/mol. The first-order chi connectivity index (χ1) is 7.38. The second kappa shape index (κ2) is 4.00. The maximum atomic E-state index is 11.1. The lowest BCUT2D eigenvalue weighted by atomic mass is 9.89. The van der Waals surface area contributed by atoms with Gasteiger partial charge in [0, 0.05) is 18.6 Å². The van der Waals surface area contributed by atoms with Gasteiger partial charge in [0.15, 0.2) is 0 Å². The number of carbonyl (C=O) groups is 1. The molecule has 0 saturated carbocycles. The van der Waals surface area contributed by atoms with Crippen molar-refractivity contribution in [1.29, 1.82) is 0 Å². The predicted molar refractivity (Wildman–Crippen MR) is 60.2 cm³/mol. The second-order valence-electron chi connectivity index (χ2n) is 5.78. The van der Waals surface area contributed by atoms with E-state index in [-0.39, 0.29) is 12.0 Å². The van der Waals surface area contributed by atoms with Gasteiger partial charge < -0.3 is 10.2 Å². The molecule has 4 heteroatoms. The standard InChI is InChI=1S/C12H21NO3/c1-12(2,16)5-6-13-8-3-4-10(13)9(7-8)11(14)15/h8-10,16H,3-7H2,1-2H3,(H,14,15). The summed E-state index contributed by atoms with van der Waals surface area (Å²) < 4.78 is 0. The van der Waals surface area contributed by atoms with Gasteiger partial charge in [-0.1, -0.05) is 0 Å². The number of rotatable bonds is 4. The fourth-order valence-electron chi connectivity index (χ4n) is 3.12. The number of carboxylic acid groups (broad SMARTS) is 1. The SMILES string of the molecule is CC(C)(O)CCN1C2CCC1C(C(=O)O)C2. The first-order valence-corrected chi connectivity index (χ1v) is 6.09. The molecular formula is C12H21NO3. The molecule has 2 saturated heterocycles. The Bertz CT molecular complexity index is 284. The number of hydrogen-bond acceptors (Lipinski definition) is 3. The average Bonchev–Trinajstić information content (AvgIpc) is 2.69. The molecule has 2 fully saturated rings. The maximum Gasteiger partial charge on any atom is 0.308 e. The Hall–Kier alpha value is -0.610. The number of aliphatic hydroxyl groups is 1. The van der Waals surface area contributed by atoms with Crippen LogP contribution in [0.4, 0.5) is 0 Å². The summed E-state index contributed by atoms with van der Waals surface area (Å²) in [4.78, 5) is 13.4. The molecular weight excluding hydrogens is 206 g/mol. The van der Waals surface area contributed by atoms with Crippen molar-refractivity contribution in [2.24, 2.45) is 5.92 Å². The summed E-state index contributed by atoms with van der Waals surface area (Å²) in [6.45, 7) is 4.43. The van der Waals surface area contributed by atoms with Crippen molar-refractivity contribution in [3.8, 4) is 0 Å². The monoisotopic (exact) mass is 227 g/mol. The van der Waals surface area contributed by atoms with Gasteiger partial charge in [-0.05, 0) is 39.5 Å². The highest BCUT2D eigenvalue weighted by Gasteiger charge is 2.48. The van der Waals surface area contributed by atoms with Gasteiger partial charge in [0.2, 0.25) is 0 Å². The largest absolute Gasteiger partial charge is 0.481 e. The molecule has 4 nitrogen and oxygen atoms in total. The summed E-state index contributed by atoms with van der Waals surface area (Å²) >= 11 is 0. The summed E-state index contributed by atoms with van der Waals surface area (Å²) in [5.41, 5.74) is -0.652. The van der Waals surface area contributed by atoms with Crippen LogP contribution in [0.3, 0.4) is 0 Å². The smallest absolute Gasteiger partial charge is 0.308 e. The molecule has 2 aliphatic rings. The molecule has 92 valence electrons. The van der Waals surface area contributed by atoms with Crippen molar-refractivity contribution in [3.63, 3.8) is 0 Å². The first-order valence-electron chi connectivity index (χ1n) is 6.09. The zero-order valence-corrected chi connectivity index (χ0v) is 10.0. The minimum absolute atomic E-state index is 0.180. The normalized spacial score (nSPS) is 34.6. The van der Waals surface area contributed by atoms with Gasteiger partial charge in [-0.25, -0.2) is 0 Å². The van der Waals surface area contributed by atoms with E-state index in [1.54, 1.807) is 13.8 Å². The predicted octanol–water partition coefficient (Wildman–Crippen LogP) is 1.08. The Morgan fingerprint density at radius 1 is 1.44 bits per heavy atom. The van der Waals surface area contributed by atoms with E-state index < -0.39 is 11.6 Å². The van der Waals surface area contributed by atoms with Crippen LogP contribution in [0.15, 0.2) is 0 Å². The van der Waals surface area contributed by atoms with E-state index in [4.69, 9.17) is 5.11 Å². The lowest BCUT2D eigenvalue weighted by Gasteiger charge is -2.26. The van der Waals surface area contributed by atoms with E-state index in [2.05, 4.69) is 4.90 Å². The number of aliphatic carboxylic acids is 1. The molecule has 0 aromatic rings. The van der Waals surface area contributed by atoms with Crippen molar-refractivity contribution in [2.75, 3.05) is 6.54 Å². The highest BCUT2D eigenvalue weighted by atomic mass is 16.4. The Kier molecular flexibility index (Phi) is 2.97. The highest BCUT2D eigenvalue weighted by Crippen LogP contribution is 2.41. The topological polar surface area (TPSA) is 60.8 Å². The minimum atomic E-state index is -0.652. The van der Waals surface area contributed by atoms with Gasteiger partial charge >= 0.3 is 5.97 Å². The van der Waals surface area contributed by atoms with Crippen LogP contribution in [0.2, 0.25) is 0 Å². The third kappa shape index (κ3) is 2.23. The van der Waals surface area contributed by atoms with Crippen molar-refractivity contribution in [2.45, 2.75) is 57.2 Å². The summed E-state index contributed by atoms with van der Waals surface area (Å²) in [6.07, 6.45) is 3.64. The molecule has 2 rings (SSSR count). The lowest BCUT2D eigenvalue weighted by molar-refractivity contribution is -0.142. The van der Waals surface area contributed by atoms with Crippen LogP contribution in [0.1, 0.15) is 39.5 Å². The molecule has 3 unspecified atom stereocenters. The van der Waals surface area contributed by atoms with Crippen molar-refractivity contribution in [3.05, 3.63) is 0 Å². The van der Waals surface area contributed by atoms with E-state index in [9.17, 15) is 9.90 Å². The molecule has 3 atom stereocenters. The molecule has 16 heavy (non-hydrogen) atoms. The van der Waals surface area contributed by atoms with Crippen LogP contribution in [0, 0.1) is 5.92 Å². The Morgan fingerprint density at radius 3 is 2.62 bits per heavy atom. The number of fused-ring (bicyclic) bond motifs is 2. The van der Waals surface area contributed by atoms with Crippen molar-refractivity contribution >= 4 is 5.97 Å². The van der Waals surface area contributed by atoms with Crippen molar-refractivity contribution in [1.82, 2.24) is 4.90 Å². The van der Waals surface area contributed by atoms with Gasteiger partial charge in [0.25, 0.3) is 0 Å².